The molecular formula is C11H16N4O3S. The van der Waals surface area contributed by atoms with Crippen LogP contribution in [0.25, 0.3) is 0 Å². The first-order chi connectivity index (χ1) is 9.05. The Bertz CT molecular complexity index is 573. The van der Waals surface area contributed by atoms with Crippen LogP contribution in [0.1, 0.15) is 6.92 Å². The van der Waals surface area contributed by atoms with E-state index in [0.29, 0.717) is 18.8 Å². The van der Waals surface area contributed by atoms with Gasteiger partial charge < -0.3 is 10.6 Å². The molecular weight excluding hydrogens is 268 g/mol. The number of amides is 1. The van der Waals surface area contributed by atoms with E-state index in [2.05, 4.69) is 15.6 Å². The van der Waals surface area contributed by atoms with E-state index in [1.165, 1.54) is 6.20 Å². The summed E-state index contributed by atoms with van der Waals surface area (Å²) in [5.74, 6) is -0.296. The number of nitrogens with zero attached hydrogens (tertiary/aromatic N) is 2. The first-order valence-electron chi connectivity index (χ1n) is 6.01. The molecule has 2 heterocycles. The zero-order valence-corrected chi connectivity index (χ0v) is 11.4. The molecule has 0 spiro atoms. The molecule has 2 N–H and O–H groups in total. The van der Waals surface area contributed by atoms with Gasteiger partial charge in [0.15, 0.2) is 5.03 Å². The van der Waals surface area contributed by atoms with Crippen molar-refractivity contribution in [3.8, 4) is 0 Å². The molecule has 0 bridgehead atoms. The SMILES string of the molecule is CCNc1cccnc1S(=O)(=O)N1CCNC(=O)C1. The Balaban J connectivity index is 2.36. The molecule has 0 aliphatic carbocycles. The van der Waals surface area contributed by atoms with Gasteiger partial charge >= 0.3 is 0 Å². The van der Waals surface area contributed by atoms with Crippen LogP contribution >= 0.6 is 0 Å². The van der Waals surface area contributed by atoms with Gasteiger partial charge in [-0.2, -0.15) is 4.31 Å². The number of hydrogen-bond acceptors (Lipinski definition) is 5. The number of pyridine rings is 1. The minimum atomic E-state index is -3.75. The van der Waals surface area contributed by atoms with Crippen LogP contribution in [0.3, 0.4) is 0 Å². The highest BCUT2D eigenvalue weighted by Gasteiger charge is 2.31. The Labute approximate surface area is 112 Å². The second kappa shape index (κ2) is 5.54. The van der Waals surface area contributed by atoms with E-state index < -0.39 is 10.0 Å². The molecule has 0 atom stereocenters. The van der Waals surface area contributed by atoms with E-state index in [1.807, 2.05) is 6.92 Å². The zero-order valence-electron chi connectivity index (χ0n) is 10.6. The van der Waals surface area contributed by atoms with Gasteiger partial charge in [0.25, 0.3) is 10.0 Å². The summed E-state index contributed by atoms with van der Waals surface area (Å²) in [6.07, 6.45) is 1.43. The third-order valence-electron chi connectivity index (χ3n) is 2.73. The molecule has 1 saturated heterocycles. The molecule has 1 aromatic rings. The Morgan fingerprint density at radius 2 is 2.32 bits per heavy atom. The van der Waals surface area contributed by atoms with Gasteiger partial charge in [-0.25, -0.2) is 13.4 Å². The zero-order chi connectivity index (χ0) is 13.9. The average molecular weight is 284 g/mol. The molecule has 19 heavy (non-hydrogen) atoms. The molecule has 0 aromatic carbocycles. The highest BCUT2D eigenvalue weighted by atomic mass is 32.2. The van der Waals surface area contributed by atoms with Crippen molar-refractivity contribution in [2.45, 2.75) is 11.9 Å². The summed E-state index contributed by atoms with van der Waals surface area (Å²) in [7, 11) is -3.75. The fourth-order valence-electron chi connectivity index (χ4n) is 1.86. The quantitative estimate of drug-likeness (QED) is 0.787. The van der Waals surface area contributed by atoms with Gasteiger partial charge in [0.1, 0.15) is 0 Å². The number of carbonyl (C=O) groups excluding carboxylic acids is 1. The summed E-state index contributed by atoms with van der Waals surface area (Å²) in [6.45, 7) is 2.88. The van der Waals surface area contributed by atoms with Crippen molar-refractivity contribution in [1.29, 1.82) is 0 Å². The second-order valence-electron chi connectivity index (χ2n) is 4.07. The Morgan fingerprint density at radius 1 is 1.53 bits per heavy atom. The maximum absolute atomic E-state index is 12.5. The van der Waals surface area contributed by atoms with Crippen molar-refractivity contribution in [1.82, 2.24) is 14.6 Å². The van der Waals surface area contributed by atoms with Crippen LogP contribution in [0, 0.1) is 0 Å². The van der Waals surface area contributed by atoms with Crippen LogP contribution in [0.2, 0.25) is 0 Å². The first-order valence-corrected chi connectivity index (χ1v) is 7.45. The molecule has 1 aliphatic heterocycles. The molecule has 1 fully saturated rings. The van der Waals surface area contributed by atoms with Crippen LogP contribution < -0.4 is 10.6 Å². The Hall–Kier alpha value is -1.67. The smallest absolute Gasteiger partial charge is 0.263 e. The topological polar surface area (TPSA) is 91.4 Å². The van der Waals surface area contributed by atoms with Gasteiger partial charge in [-0.1, -0.05) is 0 Å². The minimum Gasteiger partial charge on any atom is -0.383 e. The van der Waals surface area contributed by atoms with E-state index in [4.69, 9.17) is 0 Å². The summed E-state index contributed by atoms with van der Waals surface area (Å²) in [6, 6.07) is 3.33. The van der Waals surface area contributed by atoms with Crippen molar-refractivity contribution < 1.29 is 13.2 Å². The summed E-state index contributed by atoms with van der Waals surface area (Å²) in [5, 5.41) is 5.52. The normalized spacial score (nSPS) is 17.0. The van der Waals surface area contributed by atoms with E-state index in [-0.39, 0.29) is 24.0 Å². The van der Waals surface area contributed by atoms with Crippen molar-refractivity contribution in [3.05, 3.63) is 18.3 Å². The lowest BCUT2D eigenvalue weighted by Gasteiger charge is -2.26. The van der Waals surface area contributed by atoms with Gasteiger partial charge in [0.2, 0.25) is 5.91 Å². The van der Waals surface area contributed by atoms with Crippen LogP contribution in [-0.4, -0.2) is 49.8 Å². The molecule has 104 valence electrons. The van der Waals surface area contributed by atoms with Crippen molar-refractivity contribution in [3.63, 3.8) is 0 Å². The molecule has 7 nitrogen and oxygen atoms in total. The van der Waals surface area contributed by atoms with Crippen molar-refractivity contribution >= 4 is 21.6 Å². The lowest BCUT2D eigenvalue weighted by atomic mass is 10.4. The molecule has 8 heteroatoms. The van der Waals surface area contributed by atoms with Crippen LogP contribution in [0.4, 0.5) is 5.69 Å². The standard InChI is InChI=1S/C11H16N4O3S/c1-2-12-9-4-3-5-14-11(9)19(17,18)15-7-6-13-10(16)8-15/h3-5,12H,2,6-8H2,1H3,(H,13,16). The number of piperazine rings is 1. The fraction of sp³-hybridized carbons (Fsp3) is 0.455. The number of sulfonamides is 1. The van der Waals surface area contributed by atoms with Gasteiger partial charge in [0, 0.05) is 25.8 Å². The van der Waals surface area contributed by atoms with Crippen molar-refractivity contribution in [2.24, 2.45) is 0 Å². The Kier molecular flexibility index (Phi) is 4.01. The third kappa shape index (κ3) is 2.85. The molecule has 1 amide bonds. The predicted octanol–water partition coefficient (Wildman–Crippen LogP) is -0.366. The summed E-state index contributed by atoms with van der Waals surface area (Å²) >= 11 is 0. The number of nitrogens with one attached hydrogen (secondary N) is 2. The summed E-state index contributed by atoms with van der Waals surface area (Å²) in [4.78, 5) is 15.3. The van der Waals surface area contributed by atoms with Gasteiger partial charge in [0.05, 0.1) is 12.2 Å². The molecule has 0 unspecified atom stereocenters. The maximum atomic E-state index is 12.5. The van der Waals surface area contributed by atoms with Gasteiger partial charge in [-0.15, -0.1) is 0 Å². The highest BCUT2D eigenvalue weighted by Crippen LogP contribution is 2.22. The highest BCUT2D eigenvalue weighted by molar-refractivity contribution is 7.89. The monoisotopic (exact) mass is 284 g/mol. The van der Waals surface area contributed by atoms with Gasteiger partial charge in [-0.3, -0.25) is 4.79 Å². The summed E-state index contributed by atoms with van der Waals surface area (Å²) < 4.78 is 26.1. The lowest BCUT2D eigenvalue weighted by Crippen LogP contribution is -2.50. The van der Waals surface area contributed by atoms with Crippen LogP contribution in [0.5, 0.6) is 0 Å². The Morgan fingerprint density at radius 3 is 3.00 bits per heavy atom. The molecule has 1 aliphatic rings. The number of carbonyl (C=O) groups is 1. The minimum absolute atomic E-state index is 0.0356. The van der Waals surface area contributed by atoms with E-state index in [9.17, 15) is 13.2 Å². The predicted molar refractivity (Wildman–Crippen MR) is 70.2 cm³/mol. The summed E-state index contributed by atoms with van der Waals surface area (Å²) in [5.41, 5.74) is 0.455. The van der Waals surface area contributed by atoms with E-state index >= 15 is 0 Å². The van der Waals surface area contributed by atoms with Gasteiger partial charge in [-0.05, 0) is 19.1 Å². The van der Waals surface area contributed by atoms with Crippen LogP contribution in [-0.2, 0) is 14.8 Å². The van der Waals surface area contributed by atoms with E-state index in [0.717, 1.165) is 4.31 Å². The number of anilines is 1. The first kappa shape index (κ1) is 13.8. The largest absolute Gasteiger partial charge is 0.383 e. The fourth-order valence-corrected chi connectivity index (χ4v) is 3.34. The average Bonchev–Trinajstić information content (AvgIpc) is 2.39. The van der Waals surface area contributed by atoms with Crippen LogP contribution in [0.15, 0.2) is 23.4 Å². The lowest BCUT2D eigenvalue weighted by molar-refractivity contribution is -0.122. The molecule has 0 radical (unpaired) electrons. The van der Waals surface area contributed by atoms with Crippen molar-refractivity contribution in [2.75, 3.05) is 31.5 Å². The second-order valence-corrected chi connectivity index (χ2v) is 5.93. The van der Waals surface area contributed by atoms with E-state index in [1.54, 1.807) is 12.1 Å². The number of rotatable bonds is 4. The molecule has 2 rings (SSSR count). The maximum Gasteiger partial charge on any atom is 0.263 e. The number of aromatic nitrogens is 1. The molecule has 0 saturated carbocycles. The third-order valence-corrected chi connectivity index (χ3v) is 4.53. The molecule has 1 aromatic heterocycles. The number of hydrogen-bond donors (Lipinski definition) is 2.